The number of rotatable bonds is 48. The average Bonchev–Trinajstić information content (AvgIpc) is 3.34. The Labute approximate surface area is 420 Å². The van der Waals surface area contributed by atoms with Crippen molar-refractivity contribution in [1.29, 1.82) is 0 Å². The molecular weight excluding hydrogens is 873 g/mol. The van der Waals surface area contributed by atoms with Crippen molar-refractivity contribution < 1.29 is 53.8 Å². The second-order valence-corrected chi connectivity index (χ2v) is 19.4. The number of ether oxygens (including phenoxy) is 4. The molecule has 1 fully saturated rings. The van der Waals surface area contributed by atoms with Crippen LogP contribution in [0.3, 0.4) is 0 Å². The third kappa shape index (κ3) is 38.5. The second kappa shape index (κ2) is 47.5. The van der Waals surface area contributed by atoms with Gasteiger partial charge in [0, 0.05) is 12.8 Å². The van der Waals surface area contributed by atoms with Crippen molar-refractivity contribution in [2.24, 2.45) is 0 Å². The van der Waals surface area contributed by atoms with Gasteiger partial charge in [-0.25, -0.2) is 4.79 Å². The first kappa shape index (κ1) is 64.2. The van der Waals surface area contributed by atoms with Gasteiger partial charge in [0.25, 0.3) is 0 Å². The van der Waals surface area contributed by atoms with Crippen molar-refractivity contribution in [3.63, 3.8) is 0 Å². The Bertz CT molecular complexity index is 1330. The molecule has 1 aliphatic heterocycles. The summed E-state index contributed by atoms with van der Waals surface area (Å²) in [7, 11) is 0. The maximum absolute atomic E-state index is 12.9. The van der Waals surface area contributed by atoms with Crippen LogP contribution < -0.4 is 0 Å². The molecule has 11 heteroatoms. The quantitative estimate of drug-likeness (QED) is 0.0260. The van der Waals surface area contributed by atoms with Gasteiger partial charge in [-0.15, -0.1) is 0 Å². The number of allylic oxidation sites excluding steroid dienone is 8. The highest BCUT2D eigenvalue weighted by Gasteiger charge is 2.47. The first-order valence-corrected chi connectivity index (χ1v) is 28.2. The largest absolute Gasteiger partial charge is 0.479 e. The van der Waals surface area contributed by atoms with E-state index in [-0.39, 0.29) is 26.1 Å². The van der Waals surface area contributed by atoms with Gasteiger partial charge in [-0.3, -0.25) is 9.59 Å². The first-order chi connectivity index (χ1) is 33.7. The van der Waals surface area contributed by atoms with Crippen molar-refractivity contribution >= 4 is 17.9 Å². The van der Waals surface area contributed by atoms with Gasteiger partial charge >= 0.3 is 17.9 Å². The molecule has 1 saturated heterocycles. The number of esters is 2. The van der Waals surface area contributed by atoms with Crippen LogP contribution >= 0.6 is 0 Å². The highest BCUT2D eigenvalue weighted by molar-refractivity contribution is 5.73. The number of hydrogen-bond donors (Lipinski definition) is 4. The smallest absolute Gasteiger partial charge is 0.335 e. The molecule has 0 aromatic carbocycles. The molecule has 6 unspecified atom stereocenters. The van der Waals surface area contributed by atoms with Crippen LogP contribution in [0.5, 0.6) is 0 Å². The Morgan fingerprint density at radius 2 is 0.855 bits per heavy atom. The third-order valence-electron chi connectivity index (χ3n) is 12.9. The lowest BCUT2D eigenvalue weighted by Crippen LogP contribution is -2.60. The topological polar surface area (TPSA) is 169 Å². The summed E-state index contributed by atoms with van der Waals surface area (Å²) >= 11 is 0. The van der Waals surface area contributed by atoms with Gasteiger partial charge in [-0.2, -0.15) is 0 Å². The van der Waals surface area contributed by atoms with E-state index >= 15 is 0 Å². The molecule has 0 aromatic rings. The zero-order valence-corrected chi connectivity index (χ0v) is 43.8. The first-order valence-electron chi connectivity index (χ1n) is 28.2. The van der Waals surface area contributed by atoms with E-state index in [1.54, 1.807) is 0 Å². The predicted octanol–water partition coefficient (Wildman–Crippen LogP) is 14.0. The maximum Gasteiger partial charge on any atom is 0.335 e. The number of carboxylic acids is 1. The Kier molecular flexibility index (Phi) is 44.2. The fourth-order valence-electron chi connectivity index (χ4n) is 8.58. The lowest BCUT2D eigenvalue weighted by molar-refractivity contribution is -0.298. The summed E-state index contributed by atoms with van der Waals surface area (Å²) in [5, 5.41) is 40.0. The number of unbranched alkanes of at least 4 members (excludes halogenated alkanes) is 29. The van der Waals surface area contributed by atoms with E-state index in [1.807, 2.05) is 0 Å². The van der Waals surface area contributed by atoms with E-state index in [0.29, 0.717) is 12.8 Å². The SMILES string of the molecule is CC/C=C\C/C=C\C/C=C\C/C=C\CCCCCCCCCCCCC(=O)OCC(COC1OC(C(=O)O)C(O)C(O)C1O)OC(=O)CCCCCCCCCCCCCCCCCCCCCC. The minimum Gasteiger partial charge on any atom is -0.479 e. The van der Waals surface area contributed by atoms with Crippen LogP contribution in [0.2, 0.25) is 0 Å². The maximum atomic E-state index is 12.9. The zero-order chi connectivity index (χ0) is 50.3. The molecule has 6 atom stereocenters. The Morgan fingerprint density at radius 3 is 1.29 bits per heavy atom. The van der Waals surface area contributed by atoms with Gasteiger partial charge in [0.1, 0.15) is 24.9 Å². The average molecular weight is 975 g/mol. The van der Waals surface area contributed by atoms with E-state index in [2.05, 4.69) is 62.5 Å². The molecular formula is C58H102O11. The monoisotopic (exact) mass is 975 g/mol. The molecule has 0 aromatic heterocycles. The lowest BCUT2D eigenvalue weighted by Gasteiger charge is -2.38. The number of aliphatic hydroxyl groups is 3. The molecule has 4 N–H and O–H groups in total. The van der Waals surface area contributed by atoms with E-state index in [9.17, 15) is 34.8 Å². The molecule has 1 aliphatic rings. The van der Waals surface area contributed by atoms with Gasteiger partial charge < -0.3 is 39.4 Å². The molecule has 0 radical (unpaired) electrons. The number of aliphatic hydroxyl groups excluding tert-OH is 3. The van der Waals surface area contributed by atoms with Crippen molar-refractivity contribution in [1.82, 2.24) is 0 Å². The molecule has 0 amide bonds. The second-order valence-electron chi connectivity index (χ2n) is 19.4. The van der Waals surface area contributed by atoms with E-state index in [0.717, 1.165) is 70.6 Å². The fourth-order valence-corrected chi connectivity index (χ4v) is 8.58. The van der Waals surface area contributed by atoms with Crippen LogP contribution in [0, 0.1) is 0 Å². The van der Waals surface area contributed by atoms with Crippen molar-refractivity contribution in [2.45, 2.75) is 288 Å². The van der Waals surface area contributed by atoms with E-state index < -0.39 is 54.7 Å². The van der Waals surface area contributed by atoms with Gasteiger partial charge in [0.05, 0.1) is 6.61 Å². The lowest BCUT2D eigenvalue weighted by atomic mass is 9.99. The van der Waals surface area contributed by atoms with Gasteiger partial charge in [0.15, 0.2) is 18.5 Å². The Hall–Kier alpha value is -2.83. The van der Waals surface area contributed by atoms with Crippen molar-refractivity contribution in [2.75, 3.05) is 13.2 Å². The molecule has 0 bridgehead atoms. The van der Waals surface area contributed by atoms with Crippen molar-refractivity contribution in [3.05, 3.63) is 48.6 Å². The minimum atomic E-state index is -1.86. The summed E-state index contributed by atoms with van der Waals surface area (Å²) < 4.78 is 21.9. The van der Waals surface area contributed by atoms with E-state index in [4.69, 9.17) is 18.9 Å². The predicted molar refractivity (Wildman–Crippen MR) is 280 cm³/mol. The van der Waals surface area contributed by atoms with E-state index in [1.165, 1.54) is 141 Å². The number of aliphatic carboxylic acids is 1. The fraction of sp³-hybridized carbons (Fsp3) is 0.810. The minimum absolute atomic E-state index is 0.185. The van der Waals surface area contributed by atoms with Crippen LogP contribution in [0.1, 0.15) is 251 Å². The number of carbonyl (C=O) groups excluding carboxylic acids is 2. The number of carbonyl (C=O) groups is 3. The molecule has 0 saturated carbocycles. The highest BCUT2D eigenvalue weighted by Crippen LogP contribution is 2.23. The third-order valence-corrected chi connectivity index (χ3v) is 12.9. The summed E-state index contributed by atoms with van der Waals surface area (Å²) in [5.41, 5.74) is 0. The van der Waals surface area contributed by atoms with Gasteiger partial charge in [0.2, 0.25) is 0 Å². The summed E-state index contributed by atoms with van der Waals surface area (Å²) in [6, 6.07) is 0. The molecule has 0 spiro atoms. The summed E-state index contributed by atoms with van der Waals surface area (Å²) in [6.07, 6.45) is 50.2. The molecule has 1 heterocycles. The van der Waals surface area contributed by atoms with Crippen LogP contribution in [-0.4, -0.2) is 88.4 Å². The normalized spacial score (nSPS) is 19.1. The van der Waals surface area contributed by atoms with Crippen molar-refractivity contribution in [3.8, 4) is 0 Å². The standard InChI is InChI=1S/C58H102O11/c1-3-5-7-9-11-13-15-17-19-21-23-25-26-27-29-30-32-34-36-38-40-42-44-46-51(59)66-48-50(49-67-58-55(63)53(61)54(62)56(69-58)57(64)65)68-52(60)47-45-43-41-39-37-35-33-31-28-24-22-20-18-16-14-12-10-8-6-4-2/h5,7,11,13,17,19,23,25,50,53-56,58,61-63H,3-4,6,8-10,12,14-16,18,20-22,24,26-49H2,1-2H3,(H,64,65)/b7-5-,13-11-,19-17-,25-23-. The highest BCUT2D eigenvalue weighted by atomic mass is 16.7. The molecule has 69 heavy (non-hydrogen) atoms. The summed E-state index contributed by atoms with van der Waals surface area (Å²) in [5.74, 6) is -2.43. The zero-order valence-electron chi connectivity index (χ0n) is 43.8. The Balaban J connectivity index is 2.25. The number of carboxylic acid groups (broad SMARTS) is 1. The molecule has 1 rings (SSSR count). The Morgan fingerprint density at radius 1 is 0.464 bits per heavy atom. The van der Waals surface area contributed by atoms with Crippen LogP contribution in [0.15, 0.2) is 48.6 Å². The summed E-state index contributed by atoms with van der Waals surface area (Å²) in [4.78, 5) is 37.1. The van der Waals surface area contributed by atoms with Crippen LogP contribution in [0.4, 0.5) is 0 Å². The summed E-state index contributed by atoms with van der Waals surface area (Å²) in [6.45, 7) is 3.74. The molecule has 11 nitrogen and oxygen atoms in total. The molecule has 0 aliphatic carbocycles. The number of hydrogen-bond acceptors (Lipinski definition) is 10. The molecule has 400 valence electrons. The van der Waals surface area contributed by atoms with Crippen LogP contribution in [-0.2, 0) is 33.3 Å². The van der Waals surface area contributed by atoms with Crippen LogP contribution in [0.25, 0.3) is 0 Å². The van der Waals surface area contributed by atoms with Gasteiger partial charge in [-0.1, -0.05) is 236 Å². The van der Waals surface area contributed by atoms with Gasteiger partial charge in [-0.05, 0) is 51.4 Å².